The second kappa shape index (κ2) is 7.55. The first-order valence-corrected chi connectivity index (χ1v) is 9.46. The highest BCUT2D eigenvalue weighted by Crippen LogP contribution is 2.29. The molecular weight excluding hydrogens is 330 g/mol. The van der Waals surface area contributed by atoms with Crippen molar-refractivity contribution in [1.29, 1.82) is 0 Å². The quantitative estimate of drug-likeness (QED) is 0.843. The predicted octanol–water partition coefficient (Wildman–Crippen LogP) is 1.16. The number of piperidine rings is 1. The Morgan fingerprint density at radius 2 is 2.04 bits per heavy atom. The molecule has 2 saturated heterocycles. The topological polar surface area (TPSA) is 65.0 Å². The summed E-state index contributed by atoms with van der Waals surface area (Å²) in [7, 11) is 1.63. The van der Waals surface area contributed by atoms with Gasteiger partial charge in [0.2, 0.25) is 0 Å². The monoisotopic (exact) mass is 361 g/mol. The minimum absolute atomic E-state index is 0.108. The Morgan fingerprint density at radius 3 is 2.69 bits per heavy atom. The summed E-state index contributed by atoms with van der Waals surface area (Å²) in [6, 6.07) is 8.51. The summed E-state index contributed by atoms with van der Waals surface area (Å²) in [6.45, 7) is 7.97. The lowest BCUT2D eigenvalue weighted by Crippen LogP contribution is -2.61. The molecule has 2 aliphatic heterocycles. The van der Waals surface area contributed by atoms with Crippen molar-refractivity contribution in [2.45, 2.75) is 37.9 Å². The molecule has 1 aromatic rings. The fourth-order valence-electron chi connectivity index (χ4n) is 4.07. The maximum Gasteiger partial charge on any atom is 0.253 e. The maximum absolute atomic E-state index is 12.1. The number of morpholine rings is 1. The van der Waals surface area contributed by atoms with Gasteiger partial charge in [0.15, 0.2) is 5.60 Å². The van der Waals surface area contributed by atoms with E-state index in [1.807, 2.05) is 6.92 Å². The average molecular weight is 361 g/mol. The molecule has 6 nitrogen and oxygen atoms in total. The van der Waals surface area contributed by atoms with Gasteiger partial charge in [-0.3, -0.25) is 9.69 Å². The van der Waals surface area contributed by atoms with Crippen molar-refractivity contribution < 1.29 is 14.6 Å². The van der Waals surface area contributed by atoms with E-state index in [0.717, 1.165) is 32.5 Å². The van der Waals surface area contributed by atoms with E-state index in [1.165, 1.54) is 11.3 Å². The minimum Gasteiger partial charge on any atom is -0.388 e. The summed E-state index contributed by atoms with van der Waals surface area (Å²) in [5.74, 6) is -0.108. The van der Waals surface area contributed by atoms with Crippen LogP contribution in [0.3, 0.4) is 0 Å². The van der Waals surface area contributed by atoms with Crippen LogP contribution in [-0.4, -0.2) is 73.5 Å². The van der Waals surface area contributed by atoms with Crippen molar-refractivity contribution >= 4 is 11.6 Å². The predicted molar refractivity (Wildman–Crippen MR) is 102 cm³/mol. The van der Waals surface area contributed by atoms with Gasteiger partial charge in [0, 0.05) is 45.5 Å². The zero-order chi connectivity index (χ0) is 18.8. The van der Waals surface area contributed by atoms with Crippen LogP contribution in [0.25, 0.3) is 0 Å². The molecule has 2 heterocycles. The third kappa shape index (κ3) is 4.19. The lowest BCUT2D eigenvalue weighted by atomic mass is 9.89. The van der Waals surface area contributed by atoms with Crippen LogP contribution >= 0.6 is 0 Å². The summed E-state index contributed by atoms with van der Waals surface area (Å²) in [5, 5.41) is 13.8. The largest absolute Gasteiger partial charge is 0.388 e. The highest BCUT2D eigenvalue weighted by Gasteiger charge is 2.42. The Balaban J connectivity index is 1.58. The Labute approximate surface area is 156 Å². The summed E-state index contributed by atoms with van der Waals surface area (Å²) in [6.07, 6.45) is 1.46. The SMILES string of the molecule is CNC(=O)[C@@]1(C)CN(CC2(O)CCN(c3cccc(C)c3)CC2)CCO1. The molecule has 0 spiro atoms. The molecule has 1 atom stereocenters. The van der Waals surface area contributed by atoms with Gasteiger partial charge in [-0.1, -0.05) is 12.1 Å². The number of benzene rings is 1. The number of nitrogens with zero attached hydrogens (tertiary/aromatic N) is 2. The molecule has 1 amide bonds. The highest BCUT2D eigenvalue weighted by atomic mass is 16.5. The van der Waals surface area contributed by atoms with E-state index in [-0.39, 0.29) is 5.91 Å². The molecule has 2 fully saturated rings. The number of anilines is 1. The molecule has 0 unspecified atom stereocenters. The van der Waals surface area contributed by atoms with Crippen molar-refractivity contribution in [3.8, 4) is 0 Å². The summed E-state index contributed by atoms with van der Waals surface area (Å²) >= 11 is 0. The van der Waals surface area contributed by atoms with Crippen LogP contribution in [0.1, 0.15) is 25.3 Å². The molecule has 6 heteroatoms. The first-order valence-electron chi connectivity index (χ1n) is 9.46. The minimum atomic E-state index is -0.842. The van der Waals surface area contributed by atoms with E-state index < -0.39 is 11.2 Å². The fraction of sp³-hybridized carbons (Fsp3) is 0.650. The fourth-order valence-corrected chi connectivity index (χ4v) is 4.07. The van der Waals surface area contributed by atoms with Crippen LogP contribution in [0.15, 0.2) is 24.3 Å². The first-order chi connectivity index (χ1) is 12.3. The first kappa shape index (κ1) is 19.1. The van der Waals surface area contributed by atoms with Gasteiger partial charge >= 0.3 is 0 Å². The zero-order valence-corrected chi connectivity index (χ0v) is 16.1. The third-order valence-electron chi connectivity index (χ3n) is 5.64. The van der Waals surface area contributed by atoms with E-state index in [9.17, 15) is 9.90 Å². The number of amides is 1. The van der Waals surface area contributed by atoms with Crippen LogP contribution in [0.2, 0.25) is 0 Å². The molecule has 2 N–H and O–H groups in total. The van der Waals surface area contributed by atoms with E-state index in [1.54, 1.807) is 7.05 Å². The van der Waals surface area contributed by atoms with E-state index in [2.05, 4.69) is 46.3 Å². The van der Waals surface area contributed by atoms with Gasteiger partial charge < -0.3 is 20.1 Å². The number of hydrogen-bond acceptors (Lipinski definition) is 5. The summed E-state index contributed by atoms with van der Waals surface area (Å²) in [5.41, 5.74) is 0.933. The molecule has 0 aliphatic carbocycles. The number of nitrogens with one attached hydrogen (secondary N) is 1. The number of carbonyl (C=O) groups excluding carboxylic acids is 1. The van der Waals surface area contributed by atoms with E-state index in [0.29, 0.717) is 19.7 Å². The number of carbonyl (C=O) groups is 1. The Bertz CT molecular complexity index is 643. The van der Waals surface area contributed by atoms with Gasteiger partial charge in [-0.05, 0) is 44.4 Å². The number of rotatable bonds is 4. The third-order valence-corrected chi connectivity index (χ3v) is 5.64. The molecule has 0 saturated carbocycles. The van der Waals surface area contributed by atoms with Crippen molar-refractivity contribution in [2.75, 3.05) is 51.3 Å². The normalized spacial score (nSPS) is 26.5. The standard InChI is InChI=1S/C20H31N3O3/c1-16-5-4-6-17(13-16)23-9-7-20(25,8-10-23)15-22-11-12-26-19(2,14-22)18(24)21-3/h4-6,13,25H,7-12,14-15H2,1-3H3,(H,21,24)/t19-/m1/s1. The van der Waals surface area contributed by atoms with Crippen LogP contribution in [-0.2, 0) is 9.53 Å². The average Bonchev–Trinajstić information content (AvgIpc) is 2.61. The molecule has 1 aromatic carbocycles. The molecule has 0 aromatic heterocycles. The molecule has 0 radical (unpaired) electrons. The Morgan fingerprint density at radius 1 is 1.31 bits per heavy atom. The molecule has 2 aliphatic rings. The van der Waals surface area contributed by atoms with Crippen molar-refractivity contribution in [3.05, 3.63) is 29.8 Å². The molecule has 26 heavy (non-hydrogen) atoms. The number of hydrogen-bond donors (Lipinski definition) is 2. The van der Waals surface area contributed by atoms with Crippen LogP contribution in [0.4, 0.5) is 5.69 Å². The summed E-state index contributed by atoms with van der Waals surface area (Å²) in [4.78, 5) is 16.6. The molecule has 144 valence electrons. The number of aliphatic hydroxyl groups is 1. The van der Waals surface area contributed by atoms with Gasteiger partial charge in [-0.2, -0.15) is 0 Å². The van der Waals surface area contributed by atoms with E-state index >= 15 is 0 Å². The lowest BCUT2D eigenvalue weighted by molar-refractivity contribution is -0.159. The van der Waals surface area contributed by atoms with Gasteiger partial charge in [-0.25, -0.2) is 0 Å². The van der Waals surface area contributed by atoms with Crippen LogP contribution in [0, 0.1) is 6.92 Å². The smallest absolute Gasteiger partial charge is 0.253 e. The van der Waals surface area contributed by atoms with Crippen molar-refractivity contribution in [2.24, 2.45) is 0 Å². The number of aryl methyl sites for hydroxylation is 1. The zero-order valence-electron chi connectivity index (χ0n) is 16.1. The van der Waals surface area contributed by atoms with Crippen molar-refractivity contribution in [3.63, 3.8) is 0 Å². The second-order valence-corrected chi connectivity index (χ2v) is 7.92. The molecule has 0 bridgehead atoms. The lowest BCUT2D eigenvalue weighted by Gasteiger charge is -2.45. The Kier molecular flexibility index (Phi) is 5.55. The number of likely N-dealkylation sites (N-methyl/N-ethyl adjacent to an activating group) is 1. The highest BCUT2D eigenvalue weighted by molar-refractivity contribution is 5.84. The second-order valence-electron chi connectivity index (χ2n) is 7.92. The Hall–Kier alpha value is -1.63. The maximum atomic E-state index is 12.1. The van der Waals surface area contributed by atoms with Crippen molar-refractivity contribution in [1.82, 2.24) is 10.2 Å². The number of β-amino-alcohol motifs (C(OH)–C–C–N with tert-alkyl or cyclic N) is 1. The molecule has 3 rings (SSSR count). The van der Waals surface area contributed by atoms with Crippen LogP contribution < -0.4 is 10.2 Å². The summed E-state index contributed by atoms with van der Waals surface area (Å²) < 4.78 is 5.71. The van der Waals surface area contributed by atoms with E-state index in [4.69, 9.17) is 4.74 Å². The van der Waals surface area contributed by atoms with Crippen LogP contribution in [0.5, 0.6) is 0 Å². The molecular formula is C20H31N3O3. The van der Waals surface area contributed by atoms with Gasteiger partial charge in [0.05, 0.1) is 12.2 Å². The number of ether oxygens (including phenoxy) is 1. The van der Waals surface area contributed by atoms with Gasteiger partial charge in [0.1, 0.15) is 0 Å². The van der Waals surface area contributed by atoms with Gasteiger partial charge in [0.25, 0.3) is 5.91 Å². The van der Waals surface area contributed by atoms with Gasteiger partial charge in [-0.15, -0.1) is 0 Å².